The number of para-hydroxylation sites is 4. The van der Waals surface area contributed by atoms with Crippen molar-refractivity contribution in [2.45, 2.75) is 26.2 Å². The van der Waals surface area contributed by atoms with Gasteiger partial charge < -0.3 is 14.5 Å². The summed E-state index contributed by atoms with van der Waals surface area (Å²) in [6.07, 6.45) is 2.03. The van der Waals surface area contributed by atoms with Crippen molar-refractivity contribution in [1.82, 2.24) is 9.55 Å². The van der Waals surface area contributed by atoms with Crippen LogP contribution in [0, 0.1) is 0 Å². The molecule has 1 aliphatic heterocycles. The number of hydrogen-bond acceptors (Lipinski definition) is 5. The molecule has 0 spiro atoms. The third-order valence-electron chi connectivity index (χ3n) is 10.2. The van der Waals surface area contributed by atoms with E-state index in [0.717, 1.165) is 34.0 Å². The minimum Gasteiger partial charge on any atom is -0.457 e. The van der Waals surface area contributed by atoms with Gasteiger partial charge in [-0.15, -0.1) is 11.3 Å². The van der Waals surface area contributed by atoms with Gasteiger partial charge >= 0.3 is 0 Å². The number of hydrogen-bond donors (Lipinski definition) is 0. The molecule has 0 unspecified atom stereocenters. The lowest BCUT2D eigenvalue weighted by atomic mass is 9.86. The summed E-state index contributed by atoms with van der Waals surface area (Å²) in [4.78, 5) is 9.81. The Bertz CT molecular complexity index is 2810. The first-order valence-electron chi connectivity index (χ1n) is 17.7. The summed E-state index contributed by atoms with van der Waals surface area (Å²) in [6, 6.07) is 51.7. The maximum Gasteiger partial charge on any atom is 0.138 e. The lowest BCUT2D eigenvalue weighted by Gasteiger charge is -2.26. The second-order valence-corrected chi connectivity index (χ2v) is 15.6. The molecule has 0 bridgehead atoms. The predicted octanol–water partition coefficient (Wildman–Crippen LogP) is 12.9. The van der Waals surface area contributed by atoms with Gasteiger partial charge in [0.05, 0.1) is 22.4 Å². The molecule has 0 atom stereocenters. The molecule has 0 amide bonds. The first-order chi connectivity index (χ1) is 25.4. The Labute approximate surface area is 306 Å². The Kier molecular flexibility index (Phi) is 6.92. The molecular formula is C46H36N4OS. The van der Waals surface area contributed by atoms with Crippen LogP contribution in [-0.2, 0) is 5.41 Å². The van der Waals surface area contributed by atoms with Crippen molar-refractivity contribution in [2.24, 2.45) is 0 Å². The molecule has 0 N–H and O–H groups in total. The molecule has 9 aromatic rings. The van der Waals surface area contributed by atoms with Crippen molar-refractivity contribution in [3.63, 3.8) is 0 Å². The van der Waals surface area contributed by atoms with Gasteiger partial charge in [-0.1, -0.05) is 87.5 Å². The van der Waals surface area contributed by atoms with Gasteiger partial charge in [0.25, 0.3) is 0 Å². The molecule has 0 fully saturated rings. The van der Waals surface area contributed by atoms with Crippen molar-refractivity contribution < 1.29 is 4.74 Å². The molecule has 1 aliphatic rings. The van der Waals surface area contributed by atoms with E-state index < -0.39 is 0 Å². The van der Waals surface area contributed by atoms with Crippen molar-refractivity contribution >= 4 is 76.1 Å². The van der Waals surface area contributed by atoms with E-state index in [0.29, 0.717) is 6.67 Å². The van der Waals surface area contributed by atoms with Crippen LogP contribution in [0.2, 0.25) is 0 Å². The third kappa shape index (κ3) is 5.01. The van der Waals surface area contributed by atoms with Crippen molar-refractivity contribution in [1.29, 1.82) is 0 Å². The first-order valence-corrected chi connectivity index (χ1v) is 18.5. The maximum absolute atomic E-state index is 6.85. The largest absolute Gasteiger partial charge is 0.457 e. The van der Waals surface area contributed by atoms with Gasteiger partial charge in [0.1, 0.15) is 24.0 Å². The Hall–Kier alpha value is -6.11. The fourth-order valence-electron chi connectivity index (χ4n) is 7.62. The second kappa shape index (κ2) is 11.7. The molecule has 5 nitrogen and oxygen atoms in total. The zero-order valence-corrected chi connectivity index (χ0v) is 30.1. The number of aromatic nitrogens is 2. The summed E-state index contributed by atoms with van der Waals surface area (Å²) in [5.74, 6) is 2.49. The normalized spacial score (nSPS) is 13.1. The molecule has 6 heteroatoms. The van der Waals surface area contributed by atoms with Crippen LogP contribution >= 0.6 is 11.3 Å². The van der Waals surface area contributed by atoms with Crippen molar-refractivity contribution in [2.75, 3.05) is 16.5 Å². The molecule has 0 saturated heterocycles. The van der Waals surface area contributed by atoms with E-state index in [-0.39, 0.29) is 5.41 Å². The number of fused-ring (bicyclic) bond motifs is 7. The summed E-state index contributed by atoms with van der Waals surface area (Å²) >= 11 is 1.81. The molecule has 3 aromatic heterocycles. The highest BCUT2D eigenvalue weighted by Gasteiger charge is 2.29. The highest BCUT2D eigenvalue weighted by molar-refractivity contribution is 7.25. The highest BCUT2D eigenvalue weighted by atomic mass is 32.1. The number of thiophene rings is 1. The van der Waals surface area contributed by atoms with Gasteiger partial charge in [-0.2, -0.15) is 0 Å². The lowest BCUT2D eigenvalue weighted by molar-refractivity contribution is 0.479. The lowest BCUT2D eigenvalue weighted by Crippen LogP contribution is -2.24. The van der Waals surface area contributed by atoms with Crippen LogP contribution in [0.1, 0.15) is 26.3 Å². The number of ether oxygens (including phenoxy) is 1. The average Bonchev–Trinajstić information content (AvgIpc) is 3.84. The quantitative estimate of drug-likeness (QED) is 0.180. The van der Waals surface area contributed by atoms with Crippen molar-refractivity contribution in [3.8, 4) is 17.3 Å². The van der Waals surface area contributed by atoms with Crippen LogP contribution in [0.4, 0.5) is 22.7 Å². The van der Waals surface area contributed by atoms with Crippen LogP contribution in [0.3, 0.4) is 0 Å². The Morgan fingerprint density at radius 1 is 0.558 bits per heavy atom. The SMILES string of the molecule is CC(C)(C)c1cc(Oc2ccc3c4ccccc4n(-c4cc5sc6ccccc6c5cn4)c3c2)cc(N2CN(c3ccccc3)c3ccccc32)c1. The summed E-state index contributed by atoms with van der Waals surface area (Å²) in [5.41, 5.74) is 7.96. The van der Waals surface area contributed by atoms with Crippen molar-refractivity contribution in [3.05, 3.63) is 157 Å². The van der Waals surface area contributed by atoms with Crippen LogP contribution in [0.15, 0.2) is 152 Å². The van der Waals surface area contributed by atoms with Crippen LogP contribution < -0.4 is 14.5 Å². The van der Waals surface area contributed by atoms with Gasteiger partial charge in [0.2, 0.25) is 0 Å². The smallest absolute Gasteiger partial charge is 0.138 e. The molecule has 52 heavy (non-hydrogen) atoms. The van der Waals surface area contributed by atoms with E-state index in [9.17, 15) is 0 Å². The molecule has 10 rings (SSSR count). The van der Waals surface area contributed by atoms with E-state index >= 15 is 0 Å². The average molecular weight is 693 g/mol. The van der Waals surface area contributed by atoms with E-state index in [4.69, 9.17) is 9.72 Å². The molecule has 0 radical (unpaired) electrons. The summed E-state index contributed by atoms with van der Waals surface area (Å²) in [6.45, 7) is 7.48. The fourth-order valence-corrected chi connectivity index (χ4v) is 8.73. The zero-order valence-electron chi connectivity index (χ0n) is 29.2. The summed E-state index contributed by atoms with van der Waals surface area (Å²) < 4.78 is 11.6. The number of benzene rings is 6. The molecule has 0 saturated carbocycles. The maximum atomic E-state index is 6.85. The minimum absolute atomic E-state index is 0.0836. The van der Waals surface area contributed by atoms with Gasteiger partial charge in [0.15, 0.2) is 0 Å². The van der Waals surface area contributed by atoms with Crippen LogP contribution in [0.25, 0.3) is 47.8 Å². The first kappa shape index (κ1) is 30.7. The predicted molar refractivity (Wildman–Crippen MR) is 219 cm³/mol. The molecular weight excluding hydrogens is 657 g/mol. The standard InChI is InChI=1S/C46H36N4OS/c1-46(2,3)30-23-32(49-29-48(31-13-5-4-6-14-31)40-18-10-11-19-41(40)49)25-34(24-30)51-33-21-22-36-35-15-7-9-17-39(35)50(42(36)26-33)45-27-44-38(28-47-45)37-16-8-12-20-43(37)52-44/h4-28H,29H2,1-3H3. The monoisotopic (exact) mass is 692 g/mol. The minimum atomic E-state index is -0.0836. The summed E-state index contributed by atoms with van der Waals surface area (Å²) in [7, 11) is 0. The van der Waals surface area contributed by atoms with E-state index in [2.05, 4.69) is 181 Å². The molecule has 6 aromatic carbocycles. The van der Waals surface area contributed by atoms with E-state index in [1.165, 1.54) is 53.6 Å². The van der Waals surface area contributed by atoms with Gasteiger partial charge in [-0.05, 0) is 77.7 Å². The molecule has 0 aliphatic carbocycles. The van der Waals surface area contributed by atoms with E-state index in [1.807, 2.05) is 17.5 Å². The molecule has 4 heterocycles. The number of anilines is 4. The zero-order chi connectivity index (χ0) is 35.0. The molecule has 252 valence electrons. The Balaban J connectivity index is 1.08. The second-order valence-electron chi connectivity index (χ2n) is 14.6. The number of pyridine rings is 1. The van der Waals surface area contributed by atoms with Crippen LogP contribution in [0.5, 0.6) is 11.5 Å². The van der Waals surface area contributed by atoms with Gasteiger partial charge in [-0.25, -0.2) is 4.98 Å². The Morgan fingerprint density at radius 2 is 1.25 bits per heavy atom. The van der Waals surface area contributed by atoms with E-state index in [1.54, 1.807) is 0 Å². The topological polar surface area (TPSA) is 33.5 Å². The highest BCUT2D eigenvalue weighted by Crippen LogP contribution is 2.46. The fraction of sp³-hybridized carbons (Fsp3) is 0.109. The Morgan fingerprint density at radius 3 is 2.06 bits per heavy atom. The number of rotatable bonds is 5. The van der Waals surface area contributed by atoms with Gasteiger partial charge in [0, 0.05) is 60.6 Å². The third-order valence-corrected chi connectivity index (χ3v) is 11.4. The van der Waals surface area contributed by atoms with Crippen LogP contribution in [-0.4, -0.2) is 16.2 Å². The van der Waals surface area contributed by atoms with Gasteiger partial charge in [-0.3, -0.25) is 4.57 Å². The number of nitrogens with zero attached hydrogens (tertiary/aromatic N) is 4. The summed E-state index contributed by atoms with van der Waals surface area (Å²) in [5, 5.41) is 4.80.